The summed E-state index contributed by atoms with van der Waals surface area (Å²) in [5, 5.41) is 0. The predicted octanol–water partition coefficient (Wildman–Crippen LogP) is 1.54. The van der Waals surface area contributed by atoms with Crippen molar-refractivity contribution in [3.05, 3.63) is 18.5 Å². The average Bonchev–Trinajstić information content (AvgIpc) is 2.62. The Morgan fingerprint density at radius 2 is 1.83 bits per heavy atom. The minimum atomic E-state index is -3.45. The third-order valence-electron chi connectivity index (χ3n) is 5.04. The van der Waals surface area contributed by atoms with E-state index in [4.69, 9.17) is 0 Å². The minimum Gasteiger partial charge on any atom is -0.339 e. The zero-order valence-electron chi connectivity index (χ0n) is 14.3. The molecule has 0 aromatic carbocycles. The number of rotatable bonds is 5. The first kappa shape index (κ1) is 17.6. The van der Waals surface area contributed by atoms with Gasteiger partial charge in [0.15, 0.2) is 0 Å². The van der Waals surface area contributed by atoms with Gasteiger partial charge in [-0.25, -0.2) is 9.97 Å². The van der Waals surface area contributed by atoms with Crippen LogP contribution in [0.1, 0.15) is 44.9 Å². The molecule has 3 rings (SSSR count). The van der Waals surface area contributed by atoms with Crippen LogP contribution in [0.2, 0.25) is 0 Å². The smallest absolute Gasteiger partial charge is 0.279 e. The van der Waals surface area contributed by atoms with Gasteiger partial charge in [0.2, 0.25) is 5.95 Å². The Bertz CT molecular complexity index is 619. The Balaban J connectivity index is 1.61. The highest BCUT2D eigenvalue weighted by molar-refractivity contribution is 7.87. The Kier molecular flexibility index (Phi) is 5.68. The number of hydrogen-bond donors (Lipinski definition) is 1. The van der Waals surface area contributed by atoms with E-state index in [-0.39, 0.29) is 12.1 Å². The maximum Gasteiger partial charge on any atom is 0.279 e. The van der Waals surface area contributed by atoms with E-state index in [1.54, 1.807) is 29.8 Å². The molecule has 1 unspecified atom stereocenters. The zero-order valence-corrected chi connectivity index (χ0v) is 15.1. The van der Waals surface area contributed by atoms with E-state index in [1.807, 2.05) is 0 Å². The zero-order chi connectivity index (χ0) is 17.0. The van der Waals surface area contributed by atoms with E-state index in [9.17, 15) is 8.42 Å². The van der Waals surface area contributed by atoms with E-state index in [0.717, 1.165) is 45.1 Å². The van der Waals surface area contributed by atoms with Crippen LogP contribution in [0.4, 0.5) is 5.95 Å². The first-order chi connectivity index (χ1) is 11.6. The molecule has 2 heterocycles. The van der Waals surface area contributed by atoms with E-state index in [2.05, 4.69) is 19.6 Å². The van der Waals surface area contributed by atoms with Crippen molar-refractivity contribution < 1.29 is 8.42 Å². The van der Waals surface area contributed by atoms with Crippen LogP contribution >= 0.6 is 0 Å². The SMILES string of the molecule is CN(C1CCCCC1)S(=O)(=O)NC1CCCN(c2ncccn2)C1. The number of hydrogen-bond acceptors (Lipinski definition) is 5. The molecule has 2 fully saturated rings. The molecule has 0 amide bonds. The molecule has 24 heavy (non-hydrogen) atoms. The molecular formula is C16H27N5O2S. The summed E-state index contributed by atoms with van der Waals surface area (Å²) in [6.07, 6.45) is 10.6. The third-order valence-corrected chi connectivity index (χ3v) is 6.73. The van der Waals surface area contributed by atoms with Crippen LogP contribution in [-0.2, 0) is 10.2 Å². The van der Waals surface area contributed by atoms with Crippen LogP contribution in [-0.4, -0.2) is 54.9 Å². The van der Waals surface area contributed by atoms with Crippen molar-refractivity contribution in [2.45, 2.75) is 57.0 Å². The van der Waals surface area contributed by atoms with Gasteiger partial charge in [-0.05, 0) is 31.7 Å². The second-order valence-electron chi connectivity index (χ2n) is 6.76. The normalized spacial score (nSPS) is 23.6. The molecule has 1 aliphatic carbocycles. The minimum absolute atomic E-state index is 0.0985. The van der Waals surface area contributed by atoms with Gasteiger partial charge >= 0.3 is 0 Å². The van der Waals surface area contributed by atoms with Crippen molar-refractivity contribution in [1.29, 1.82) is 0 Å². The summed E-state index contributed by atoms with van der Waals surface area (Å²) in [6.45, 7) is 1.47. The maximum absolute atomic E-state index is 12.7. The molecule has 1 aromatic rings. The van der Waals surface area contributed by atoms with Crippen LogP contribution in [0, 0.1) is 0 Å². The van der Waals surface area contributed by atoms with Gasteiger partial charge in [0.1, 0.15) is 0 Å². The highest BCUT2D eigenvalue weighted by Gasteiger charge is 2.31. The third kappa shape index (κ3) is 4.23. The first-order valence-corrected chi connectivity index (χ1v) is 10.3. The topological polar surface area (TPSA) is 78.4 Å². The van der Waals surface area contributed by atoms with Crippen LogP contribution in [0.25, 0.3) is 0 Å². The van der Waals surface area contributed by atoms with Crippen molar-refractivity contribution in [2.24, 2.45) is 0 Å². The standard InChI is InChI=1S/C16H27N5O2S/c1-20(15-8-3-2-4-9-15)24(22,23)19-14-7-5-12-21(13-14)16-17-10-6-11-18-16/h6,10-11,14-15,19H,2-5,7-9,12-13H2,1H3. The van der Waals surface area contributed by atoms with Crippen LogP contribution in [0.3, 0.4) is 0 Å². The summed E-state index contributed by atoms with van der Waals surface area (Å²) < 4.78 is 29.9. The molecule has 0 spiro atoms. The second kappa shape index (κ2) is 7.76. The van der Waals surface area contributed by atoms with Gasteiger partial charge in [-0.15, -0.1) is 0 Å². The Labute approximate surface area is 144 Å². The molecular weight excluding hydrogens is 326 g/mol. The number of nitrogens with one attached hydrogen (secondary N) is 1. The van der Waals surface area contributed by atoms with Crippen molar-refractivity contribution in [3.63, 3.8) is 0 Å². The van der Waals surface area contributed by atoms with E-state index in [1.165, 1.54) is 6.42 Å². The number of aromatic nitrogens is 2. The molecule has 1 N–H and O–H groups in total. The Morgan fingerprint density at radius 1 is 1.12 bits per heavy atom. The van der Waals surface area contributed by atoms with Crippen molar-refractivity contribution in [3.8, 4) is 0 Å². The van der Waals surface area contributed by atoms with Gasteiger partial charge in [0, 0.05) is 44.6 Å². The summed E-state index contributed by atoms with van der Waals surface area (Å²) in [5.41, 5.74) is 0. The van der Waals surface area contributed by atoms with Gasteiger partial charge in [0.25, 0.3) is 10.2 Å². The monoisotopic (exact) mass is 353 g/mol. The lowest BCUT2D eigenvalue weighted by Gasteiger charge is -2.35. The average molecular weight is 353 g/mol. The van der Waals surface area contributed by atoms with Gasteiger partial charge in [0.05, 0.1) is 0 Å². The highest BCUT2D eigenvalue weighted by Crippen LogP contribution is 2.24. The molecule has 2 aliphatic rings. The van der Waals surface area contributed by atoms with Crippen molar-refractivity contribution >= 4 is 16.2 Å². The summed E-state index contributed by atoms with van der Waals surface area (Å²) in [7, 11) is -1.74. The Hall–Kier alpha value is -1.25. The quantitative estimate of drug-likeness (QED) is 0.869. The van der Waals surface area contributed by atoms with Gasteiger partial charge in [-0.2, -0.15) is 17.4 Å². The van der Waals surface area contributed by atoms with Crippen LogP contribution < -0.4 is 9.62 Å². The number of nitrogens with zero attached hydrogens (tertiary/aromatic N) is 4. The van der Waals surface area contributed by atoms with Gasteiger partial charge in [-0.1, -0.05) is 19.3 Å². The molecule has 134 valence electrons. The van der Waals surface area contributed by atoms with Crippen LogP contribution in [0.5, 0.6) is 0 Å². The summed E-state index contributed by atoms with van der Waals surface area (Å²) in [5.74, 6) is 0.669. The highest BCUT2D eigenvalue weighted by atomic mass is 32.2. The number of piperidine rings is 1. The fraction of sp³-hybridized carbons (Fsp3) is 0.750. The predicted molar refractivity (Wildman–Crippen MR) is 94.0 cm³/mol. The number of anilines is 1. The fourth-order valence-corrected chi connectivity index (χ4v) is 5.03. The lowest BCUT2D eigenvalue weighted by Crippen LogP contribution is -2.53. The Morgan fingerprint density at radius 3 is 2.54 bits per heavy atom. The van der Waals surface area contributed by atoms with Crippen molar-refractivity contribution in [2.75, 3.05) is 25.0 Å². The molecule has 1 aromatic heterocycles. The van der Waals surface area contributed by atoms with E-state index >= 15 is 0 Å². The molecule has 1 saturated heterocycles. The largest absolute Gasteiger partial charge is 0.339 e. The van der Waals surface area contributed by atoms with E-state index in [0.29, 0.717) is 12.5 Å². The fourth-order valence-electron chi connectivity index (χ4n) is 3.64. The maximum atomic E-state index is 12.7. The summed E-state index contributed by atoms with van der Waals surface area (Å²) in [6, 6.07) is 1.82. The van der Waals surface area contributed by atoms with E-state index < -0.39 is 10.2 Å². The molecule has 8 heteroatoms. The first-order valence-electron chi connectivity index (χ1n) is 8.83. The van der Waals surface area contributed by atoms with Gasteiger partial charge < -0.3 is 4.90 Å². The lowest BCUT2D eigenvalue weighted by atomic mass is 9.96. The molecule has 0 radical (unpaired) electrons. The van der Waals surface area contributed by atoms with Gasteiger partial charge in [-0.3, -0.25) is 0 Å². The lowest BCUT2D eigenvalue weighted by molar-refractivity contribution is 0.280. The molecule has 1 saturated carbocycles. The second-order valence-corrected chi connectivity index (χ2v) is 8.53. The summed E-state index contributed by atoms with van der Waals surface area (Å²) >= 11 is 0. The molecule has 0 bridgehead atoms. The molecule has 1 atom stereocenters. The summed E-state index contributed by atoms with van der Waals surface area (Å²) in [4.78, 5) is 10.6. The molecule has 7 nitrogen and oxygen atoms in total. The van der Waals surface area contributed by atoms with Crippen LogP contribution in [0.15, 0.2) is 18.5 Å². The van der Waals surface area contributed by atoms with Crippen molar-refractivity contribution in [1.82, 2.24) is 19.0 Å². The molecule has 1 aliphatic heterocycles.